The fraction of sp³-hybridized carbons (Fsp3) is 0.250. The highest BCUT2D eigenvalue weighted by molar-refractivity contribution is 14.0. The average molecular weight is 476 g/mol. The van der Waals surface area contributed by atoms with Crippen LogP contribution >= 0.6 is 24.0 Å². The molecule has 1 aromatic heterocycles. The van der Waals surface area contributed by atoms with Crippen LogP contribution < -0.4 is 10.6 Å². The van der Waals surface area contributed by atoms with E-state index in [-0.39, 0.29) is 24.0 Å². The molecule has 3 rings (SSSR count). The van der Waals surface area contributed by atoms with Gasteiger partial charge in [-0.05, 0) is 31.0 Å². The lowest BCUT2D eigenvalue weighted by atomic mass is 10.1. The van der Waals surface area contributed by atoms with Crippen molar-refractivity contribution in [3.8, 4) is 11.4 Å². The summed E-state index contributed by atoms with van der Waals surface area (Å²) in [6.07, 6.45) is 1.51. The van der Waals surface area contributed by atoms with Crippen molar-refractivity contribution < 1.29 is 0 Å². The number of nitrogens with zero attached hydrogens (tertiary/aromatic N) is 3. The molecule has 1 heterocycles. The number of guanidine groups is 1. The van der Waals surface area contributed by atoms with E-state index in [2.05, 4.69) is 81.1 Å². The molecular weight excluding hydrogens is 451 g/mol. The van der Waals surface area contributed by atoms with Gasteiger partial charge in [-0.15, -0.1) is 24.0 Å². The SMILES string of the molecule is CCNC(=NCc1cccc(-c2ncn[nH]2)c1)NCc1ccc(C)cc1.I. The predicted molar refractivity (Wildman–Crippen MR) is 120 cm³/mol. The van der Waals surface area contributed by atoms with E-state index in [1.807, 2.05) is 12.1 Å². The van der Waals surface area contributed by atoms with E-state index >= 15 is 0 Å². The monoisotopic (exact) mass is 476 g/mol. The summed E-state index contributed by atoms with van der Waals surface area (Å²) in [4.78, 5) is 8.88. The Morgan fingerprint density at radius 1 is 1.07 bits per heavy atom. The molecule has 0 unspecified atom stereocenters. The molecule has 0 saturated heterocycles. The zero-order valence-corrected chi connectivity index (χ0v) is 17.9. The van der Waals surface area contributed by atoms with E-state index in [9.17, 15) is 0 Å². The summed E-state index contributed by atoms with van der Waals surface area (Å²) in [6.45, 7) is 6.30. The van der Waals surface area contributed by atoms with Crippen molar-refractivity contribution in [2.75, 3.05) is 6.54 Å². The molecule has 0 atom stereocenters. The lowest BCUT2D eigenvalue weighted by molar-refractivity contribution is 0.816. The van der Waals surface area contributed by atoms with E-state index in [0.29, 0.717) is 6.54 Å². The summed E-state index contributed by atoms with van der Waals surface area (Å²) in [5, 5.41) is 13.5. The van der Waals surface area contributed by atoms with Gasteiger partial charge in [-0.3, -0.25) is 5.10 Å². The smallest absolute Gasteiger partial charge is 0.191 e. The fourth-order valence-electron chi connectivity index (χ4n) is 2.57. The summed E-state index contributed by atoms with van der Waals surface area (Å²) in [6, 6.07) is 16.7. The Morgan fingerprint density at radius 2 is 1.89 bits per heavy atom. The van der Waals surface area contributed by atoms with Crippen molar-refractivity contribution in [2.24, 2.45) is 4.99 Å². The standard InChI is InChI=1S/C20H24N6.HI/c1-3-21-20(22-12-16-9-7-15(2)8-10-16)23-13-17-5-4-6-18(11-17)19-24-14-25-26-19;/h4-11,14H,3,12-13H2,1-2H3,(H2,21,22,23)(H,24,25,26);1H. The number of benzene rings is 2. The van der Waals surface area contributed by atoms with Gasteiger partial charge in [0.05, 0.1) is 6.54 Å². The van der Waals surface area contributed by atoms with Gasteiger partial charge in [0.1, 0.15) is 6.33 Å². The molecule has 0 radical (unpaired) electrons. The third kappa shape index (κ3) is 6.35. The minimum Gasteiger partial charge on any atom is -0.357 e. The molecule has 7 heteroatoms. The maximum atomic E-state index is 4.69. The van der Waals surface area contributed by atoms with Gasteiger partial charge in [-0.2, -0.15) is 5.10 Å². The molecule has 6 nitrogen and oxygen atoms in total. The van der Waals surface area contributed by atoms with E-state index in [1.54, 1.807) is 0 Å². The first kappa shape index (κ1) is 20.9. The topological polar surface area (TPSA) is 78.0 Å². The van der Waals surface area contributed by atoms with Gasteiger partial charge in [0, 0.05) is 18.7 Å². The van der Waals surface area contributed by atoms with Crippen LogP contribution in [0.1, 0.15) is 23.6 Å². The minimum absolute atomic E-state index is 0. The highest BCUT2D eigenvalue weighted by atomic mass is 127. The van der Waals surface area contributed by atoms with Crippen LogP contribution in [0.3, 0.4) is 0 Å². The number of H-pyrrole nitrogens is 1. The molecule has 0 saturated carbocycles. The number of aromatic amines is 1. The van der Waals surface area contributed by atoms with Crippen molar-refractivity contribution in [3.63, 3.8) is 0 Å². The molecule has 142 valence electrons. The Balaban J connectivity index is 0.00000261. The van der Waals surface area contributed by atoms with E-state index in [1.165, 1.54) is 17.5 Å². The van der Waals surface area contributed by atoms with Gasteiger partial charge in [-0.1, -0.05) is 48.0 Å². The van der Waals surface area contributed by atoms with E-state index in [4.69, 9.17) is 0 Å². The normalized spacial score (nSPS) is 11.0. The second-order valence-corrected chi connectivity index (χ2v) is 6.07. The molecule has 2 aromatic carbocycles. The fourth-order valence-corrected chi connectivity index (χ4v) is 2.57. The zero-order chi connectivity index (χ0) is 18.2. The first-order valence-corrected chi connectivity index (χ1v) is 8.77. The number of halogens is 1. The molecule has 3 N–H and O–H groups in total. The zero-order valence-electron chi connectivity index (χ0n) is 15.6. The van der Waals surface area contributed by atoms with Crippen LogP contribution in [-0.2, 0) is 13.1 Å². The summed E-state index contributed by atoms with van der Waals surface area (Å²) >= 11 is 0. The molecule has 0 aliphatic rings. The largest absolute Gasteiger partial charge is 0.357 e. The molecule has 27 heavy (non-hydrogen) atoms. The first-order chi connectivity index (χ1) is 12.7. The predicted octanol–water partition coefficient (Wildman–Crippen LogP) is 3.65. The van der Waals surface area contributed by atoms with Gasteiger partial charge >= 0.3 is 0 Å². The third-order valence-electron chi connectivity index (χ3n) is 3.96. The average Bonchev–Trinajstić information content (AvgIpc) is 3.20. The number of aryl methyl sites for hydroxylation is 1. The molecule has 0 spiro atoms. The molecule has 0 aliphatic heterocycles. The van der Waals surface area contributed by atoms with E-state index < -0.39 is 0 Å². The van der Waals surface area contributed by atoms with Crippen LogP contribution in [0.2, 0.25) is 0 Å². The maximum absolute atomic E-state index is 4.69. The Bertz CT molecular complexity index is 843. The van der Waals surface area contributed by atoms with Gasteiger partial charge in [0.25, 0.3) is 0 Å². The molecule has 3 aromatic rings. The first-order valence-electron chi connectivity index (χ1n) is 8.77. The van der Waals surface area contributed by atoms with Crippen molar-refractivity contribution in [1.82, 2.24) is 25.8 Å². The highest BCUT2D eigenvalue weighted by Gasteiger charge is 2.03. The lowest BCUT2D eigenvalue weighted by Crippen LogP contribution is -2.36. The summed E-state index contributed by atoms with van der Waals surface area (Å²) < 4.78 is 0. The second kappa shape index (κ2) is 10.7. The molecule has 0 bridgehead atoms. The highest BCUT2D eigenvalue weighted by Crippen LogP contribution is 2.15. The van der Waals surface area contributed by atoms with Crippen LogP contribution in [0.15, 0.2) is 59.9 Å². The third-order valence-corrected chi connectivity index (χ3v) is 3.96. The van der Waals surface area contributed by atoms with Crippen molar-refractivity contribution >= 4 is 29.9 Å². The number of hydrogen-bond acceptors (Lipinski definition) is 3. The Morgan fingerprint density at radius 3 is 2.59 bits per heavy atom. The Hall–Kier alpha value is -2.42. The molecular formula is C20H25IN6. The molecule has 0 amide bonds. The maximum Gasteiger partial charge on any atom is 0.191 e. The van der Waals surface area contributed by atoms with Crippen LogP contribution in [0.25, 0.3) is 11.4 Å². The number of aliphatic imine (C=N–C) groups is 1. The number of rotatable bonds is 6. The summed E-state index contributed by atoms with van der Waals surface area (Å²) in [7, 11) is 0. The molecule has 0 aliphatic carbocycles. The van der Waals surface area contributed by atoms with Crippen LogP contribution in [-0.4, -0.2) is 27.7 Å². The Kier molecular flexibility index (Phi) is 8.25. The minimum atomic E-state index is 0. The van der Waals surface area contributed by atoms with Crippen molar-refractivity contribution in [2.45, 2.75) is 26.9 Å². The van der Waals surface area contributed by atoms with Crippen molar-refractivity contribution in [3.05, 3.63) is 71.5 Å². The second-order valence-electron chi connectivity index (χ2n) is 6.07. The van der Waals surface area contributed by atoms with Crippen LogP contribution in [0.4, 0.5) is 0 Å². The number of aromatic nitrogens is 3. The number of nitrogens with one attached hydrogen (secondary N) is 3. The van der Waals surface area contributed by atoms with Gasteiger partial charge in [0.15, 0.2) is 11.8 Å². The van der Waals surface area contributed by atoms with Crippen molar-refractivity contribution in [1.29, 1.82) is 0 Å². The molecule has 0 fully saturated rings. The summed E-state index contributed by atoms with van der Waals surface area (Å²) in [5.74, 6) is 1.57. The Labute approximate surface area is 176 Å². The van der Waals surface area contributed by atoms with Crippen LogP contribution in [0, 0.1) is 6.92 Å². The summed E-state index contributed by atoms with van der Waals surface area (Å²) in [5.41, 5.74) is 4.62. The quantitative estimate of drug-likeness (QED) is 0.288. The lowest BCUT2D eigenvalue weighted by Gasteiger charge is -2.11. The van der Waals surface area contributed by atoms with E-state index in [0.717, 1.165) is 36.0 Å². The van der Waals surface area contributed by atoms with Crippen LogP contribution in [0.5, 0.6) is 0 Å². The van der Waals surface area contributed by atoms with Gasteiger partial charge < -0.3 is 10.6 Å². The number of hydrogen-bond donors (Lipinski definition) is 3. The van der Waals surface area contributed by atoms with Gasteiger partial charge in [-0.25, -0.2) is 9.98 Å². The van der Waals surface area contributed by atoms with Gasteiger partial charge in [0.2, 0.25) is 0 Å².